The van der Waals surface area contributed by atoms with Gasteiger partial charge in [0.15, 0.2) is 22.9 Å². The van der Waals surface area contributed by atoms with Crippen LogP contribution >= 0.6 is 0 Å². The number of fused-ring (bicyclic) bond motifs is 2. The van der Waals surface area contributed by atoms with Crippen molar-refractivity contribution in [3.8, 4) is 22.6 Å². The Labute approximate surface area is 211 Å². The SMILES string of the molecule is COCc1nn2cc3c(nc2c1-c1ccc(OC)c(OC)c1)CC(c1ccc(C(C)C)cc1)CC3=O. The maximum atomic E-state index is 13.2. The third-order valence-corrected chi connectivity index (χ3v) is 6.96. The first-order valence-corrected chi connectivity index (χ1v) is 12.2. The fourth-order valence-corrected chi connectivity index (χ4v) is 4.99. The van der Waals surface area contributed by atoms with Crippen molar-refractivity contribution in [2.45, 2.75) is 45.1 Å². The summed E-state index contributed by atoms with van der Waals surface area (Å²) in [6.45, 7) is 4.68. The van der Waals surface area contributed by atoms with Crippen LogP contribution in [0.2, 0.25) is 0 Å². The molecule has 7 nitrogen and oxygen atoms in total. The highest BCUT2D eigenvalue weighted by molar-refractivity contribution is 5.99. The van der Waals surface area contributed by atoms with Gasteiger partial charge in [-0.25, -0.2) is 9.50 Å². The van der Waals surface area contributed by atoms with E-state index in [1.165, 1.54) is 11.1 Å². The van der Waals surface area contributed by atoms with Crippen molar-refractivity contribution in [2.24, 2.45) is 0 Å². The van der Waals surface area contributed by atoms with Crippen molar-refractivity contribution < 1.29 is 19.0 Å². The van der Waals surface area contributed by atoms with Gasteiger partial charge in [0.25, 0.3) is 0 Å². The predicted molar refractivity (Wildman–Crippen MR) is 138 cm³/mol. The molecule has 0 amide bonds. The highest BCUT2D eigenvalue weighted by Gasteiger charge is 2.29. The van der Waals surface area contributed by atoms with Crippen LogP contribution in [0.1, 0.15) is 65.0 Å². The molecule has 0 saturated heterocycles. The highest BCUT2D eigenvalue weighted by atomic mass is 16.5. The molecule has 7 heteroatoms. The van der Waals surface area contributed by atoms with Crippen LogP contribution in [0.5, 0.6) is 11.5 Å². The monoisotopic (exact) mass is 485 g/mol. The van der Waals surface area contributed by atoms with Gasteiger partial charge in [0.05, 0.1) is 43.3 Å². The lowest BCUT2D eigenvalue weighted by Gasteiger charge is -2.23. The highest BCUT2D eigenvalue weighted by Crippen LogP contribution is 2.38. The molecule has 0 aliphatic heterocycles. The van der Waals surface area contributed by atoms with Gasteiger partial charge in [-0.1, -0.05) is 44.2 Å². The van der Waals surface area contributed by atoms with Crippen molar-refractivity contribution in [3.63, 3.8) is 0 Å². The summed E-state index contributed by atoms with van der Waals surface area (Å²) in [6.07, 6.45) is 2.99. The van der Waals surface area contributed by atoms with E-state index in [2.05, 4.69) is 38.1 Å². The molecular formula is C29H31N3O4. The molecule has 2 aromatic carbocycles. The molecule has 0 radical (unpaired) electrons. The molecule has 1 unspecified atom stereocenters. The molecule has 0 saturated carbocycles. The molecule has 2 aromatic heterocycles. The molecule has 0 fully saturated rings. The standard InChI is InChI=1S/C29H31N3O4/c1-17(2)18-6-8-19(9-7-18)21-12-23-22(25(33)13-21)15-32-29(30-23)28(24(31-32)16-34-3)20-10-11-26(35-4)27(14-20)36-5/h6-11,14-15,17,21H,12-13,16H2,1-5H3. The number of rotatable bonds is 7. The van der Waals surface area contributed by atoms with Crippen molar-refractivity contribution in [1.82, 2.24) is 14.6 Å². The first kappa shape index (κ1) is 24.0. The Hall–Kier alpha value is -3.71. The number of methoxy groups -OCH3 is 3. The molecule has 36 heavy (non-hydrogen) atoms. The second-order valence-electron chi connectivity index (χ2n) is 9.54. The minimum Gasteiger partial charge on any atom is -0.493 e. The van der Waals surface area contributed by atoms with Crippen LogP contribution in [-0.4, -0.2) is 41.7 Å². The Morgan fingerprint density at radius 2 is 1.75 bits per heavy atom. The predicted octanol–water partition coefficient (Wildman–Crippen LogP) is 5.60. The fraction of sp³-hybridized carbons (Fsp3) is 0.345. The normalized spacial score (nSPS) is 15.4. The molecular weight excluding hydrogens is 454 g/mol. The summed E-state index contributed by atoms with van der Waals surface area (Å²) in [7, 11) is 4.86. The quantitative estimate of drug-likeness (QED) is 0.339. The van der Waals surface area contributed by atoms with Crippen molar-refractivity contribution >= 4 is 11.4 Å². The molecule has 1 aliphatic carbocycles. The smallest absolute Gasteiger partial charge is 0.166 e. The number of ketones is 1. The van der Waals surface area contributed by atoms with Gasteiger partial charge >= 0.3 is 0 Å². The van der Waals surface area contributed by atoms with Gasteiger partial charge in [-0.15, -0.1) is 0 Å². The van der Waals surface area contributed by atoms with Gasteiger partial charge in [-0.05, 0) is 47.1 Å². The molecule has 0 bridgehead atoms. The van der Waals surface area contributed by atoms with E-state index in [1.54, 1.807) is 25.8 Å². The Kier molecular flexibility index (Phi) is 6.49. The average molecular weight is 486 g/mol. The molecule has 4 aromatic rings. The Morgan fingerprint density at radius 3 is 2.42 bits per heavy atom. The van der Waals surface area contributed by atoms with E-state index in [-0.39, 0.29) is 11.7 Å². The van der Waals surface area contributed by atoms with Crippen LogP contribution in [0, 0.1) is 0 Å². The van der Waals surface area contributed by atoms with Crippen molar-refractivity contribution in [1.29, 1.82) is 0 Å². The summed E-state index contributed by atoms with van der Waals surface area (Å²) >= 11 is 0. The van der Waals surface area contributed by atoms with E-state index in [9.17, 15) is 4.79 Å². The molecule has 0 spiro atoms. The zero-order chi connectivity index (χ0) is 25.4. The maximum absolute atomic E-state index is 13.2. The van der Waals surface area contributed by atoms with Crippen LogP contribution in [-0.2, 0) is 17.8 Å². The number of hydrogen-bond donors (Lipinski definition) is 0. The first-order chi connectivity index (χ1) is 17.4. The number of nitrogens with zero attached hydrogens (tertiary/aromatic N) is 3. The molecule has 2 heterocycles. The lowest BCUT2D eigenvalue weighted by atomic mass is 9.81. The van der Waals surface area contributed by atoms with Crippen molar-refractivity contribution in [2.75, 3.05) is 21.3 Å². The number of Topliss-reactive ketones (excluding diaryl/α,β-unsaturated/α-hetero) is 1. The molecule has 5 rings (SSSR count). The van der Waals surface area contributed by atoms with Gasteiger partial charge in [-0.2, -0.15) is 5.10 Å². The summed E-state index contributed by atoms with van der Waals surface area (Å²) in [6, 6.07) is 14.4. The van der Waals surface area contributed by atoms with Crippen LogP contribution in [0.4, 0.5) is 0 Å². The van der Waals surface area contributed by atoms with Gasteiger partial charge in [-0.3, -0.25) is 4.79 Å². The third-order valence-electron chi connectivity index (χ3n) is 6.96. The van der Waals surface area contributed by atoms with Crippen molar-refractivity contribution in [3.05, 3.63) is 76.7 Å². The Bertz CT molecular complexity index is 1420. The number of aromatic nitrogens is 3. The summed E-state index contributed by atoms with van der Waals surface area (Å²) < 4.78 is 18.1. The van der Waals surface area contributed by atoms with Crippen LogP contribution in [0.15, 0.2) is 48.7 Å². The number of hydrogen-bond acceptors (Lipinski definition) is 6. The average Bonchev–Trinajstić information content (AvgIpc) is 3.24. The molecule has 1 aliphatic rings. The number of ether oxygens (including phenoxy) is 3. The van der Waals surface area contributed by atoms with Gasteiger partial charge < -0.3 is 14.2 Å². The minimum atomic E-state index is 0.0973. The fourth-order valence-electron chi connectivity index (χ4n) is 4.99. The van der Waals surface area contributed by atoms with E-state index >= 15 is 0 Å². The summed E-state index contributed by atoms with van der Waals surface area (Å²) in [4.78, 5) is 18.2. The summed E-state index contributed by atoms with van der Waals surface area (Å²) in [5.74, 6) is 1.94. The second kappa shape index (κ2) is 9.74. The lowest BCUT2D eigenvalue weighted by Crippen LogP contribution is -2.21. The Balaban J connectivity index is 1.60. The van der Waals surface area contributed by atoms with Crippen LogP contribution in [0.3, 0.4) is 0 Å². The number of carbonyl (C=O) groups is 1. The van der Waals surface area contributed by atoms with E-state index in [0.29, 0.717) is 48.1 Å². The Morgan fingerprint density at radius 1 is 1.00 bits per heavy atom. The number of carbonyl (C=O) groups excluding carboxylic acids is 1. The van der Waals surface area contributed by atoms with E-state index in [0.717, 1.165) is 22.5 Å². The van der Waals surface area contributed by atoms with Crippen LogP contribution in [0.25, 0.3) is 16.8 Å². The third kappa shape index (κ3) is 4.24. The van der Waals surface area contributed by atoms with E-state index in [4.69, 9.17) is 24.3 Å². The summed E-state index contributed by atoms with van der Waals surface area (Å²) in [5.41, 5.74) is 7.11. The van der Waals surface area contributed by atoms with E-state index in [1.807, 2.05) is 24.4 Å². The summed E-state index contributed by atoms with van der Waals surface area (Å²) in [5, 5.41) is 4.73. The topological polar surface area (TPSA) is 75.0 Å². The zero-order valence-corrected chi connectivity index (χ0v) is 21.4. The molecule has 186 valence electrons. The lowest BCUT2D eigenvalue weighted by molar-refractivity contribution is 0.0962. The first-order valence-electron chi connectivity index (χ1n) is 12.2. The minimum absolute atomic E-state index is 0.0973. The van der Waals surface area contributed by atoms with Gasteiger partial charge in [0, 0.05) is 19.7 Å². The van der Waals surface area contributed by atoms with Crippen LogP contribution < -0.4 is 9.47 Å². The number of benzene rings is 2. The molecule has 0 N–H and O–H groups in total. The zero-order valence-electron chi connectivity index (χ0n) is 21.4. The van der Waals surface area contributed by atoms with Gasteiger partial charge in [0.1, 0.15) is 0 Å². The van der Waals surface area contributed by atoms with E-state index < -0.39 is 0 Å². The van der Waals surface area contributed by atoms with Gasteiger partial charge in [0.2, 0.25) is 0 Å². The largest absolute Gasteiger partial charge is 0.493 e. The maximum Gasteiger partial charge on any atom is 0.166 e. The molecule has 1 atom stereocenters. The second-order valence-corrected chi connectivity index (χ2v) is 9.54.